The zero-order chi connectivity index (χ0) is 29.4. The molecule has 4 aliphatic rings. The van der Waals surface area contributed by atoms with Gasteiger partial charge in [0, 0.05) is 71.4 Å². The standard InChI is InChI=1S/C30H60O8Si2/c1-9-33-39(34-10-2,35-11-3)19-15-17-31-29-22-27(7)21-28(8,23-29)25-30(24-27,26-29)32-18-16-20-40(36-12-4,37-13-5)38-14-6/h9-26H2,1-8H3. The molecule has 4 bridgehead atoms. The molecule has 10 heteroatoms. The summed E-state index contributed by atoms with van der Waals surface area (Å²) < 4.78 is 50.3. The van der Waals surface area contributed by atoms with Crippen molar-refractivity contribution in [3.05, 3.63) is 0 Å². The van der Waals surface area contributed by atoms with E-state index in [1.807, 2.05) is 41.5 Å². The van der Waals surface area contributed by atoms with Crippen LogP contribution in [0.4, 0.5) is 0 Å². The largest absolute Gasteiger partial charge is 0.501 e. The Labute approximate surface area is 247 Å². The van der Waals surface area contributed by atoms with Crippen LogP contribution in [0.2, 0.25) is 12.1 Å². The molecule has 0 heterocycles. The summed E-state index contributed by atoms with van der Waals surface area (Å²) >= 11 is 0. The summed E-state index contributed by atoms with van der Waals surface area (Å²) in [7, 11) is -5.31. The Kier molecular flexibility index (Phi) is 12.7. The molecule has 0 aromatic rings. The maximum atomic E-state index is 6.91. The van der Waals surface area contributed by atoms with E-state index in [0.29, 0.717) is 52.9 Å². The first-order valence-corrected chi connectivity index (χ1v) is 20.0. The van der Waals surface area contributed by atoms with Crippen molar-refractivity contribution in [3.63, 3.8) is 0 Å². The van der Waals surface area contributed by atoms with Crippen LogP contribution in [0.1, 0.15) is 107 Å². The maximum Gasteiger partial charge on any atom is 0.501 e. The SMILES string of the molecule is CCO[Si](CCCOC12CC3(C)CC(C)(C1)CC(OCCC[Si](OCC)(OCC)OCC)(C3)C2)(OCC)OCC. The van der Waals surface area contributed by atoms with E-state index in [-0.39, 0.29) is 22.0 Å². The van der Waals surface area contributed by atoms with Gasteiger partial charge in [-0.05, 0) is 97.3 Å². The van der Waals surface area contributed by atoms with E-state index in [0.717, 1.165) is 57.0 Å². The quantitative estimate of drug-likeness (QED) is 0.0991. The van der Waals surface area contributed by atoms with Crippen molar-refractivity contribution in [1.82, 2.24) is 0 Å². The van der Waals surface area contributed by atoms with Crippen molar-refractivity contribution in [2.24, 2.45) is 10.8 Å². The average molecular weight is 605 g/mol. The Morgan fingerprint density at radius 2 is 0.750 bits per heavy atom. The van der Waals surface area contributed by atoms with Crippen LogP contribution in [0.25, 0.3) is 0 Å². The van der Waals surface area contributed by atoms with Crippen molar-refractivity contribution < 1.29 is 36.0 Å². The lowest BCUT2D eigenvalue weighted by atomic mass is 9.42. The molecule has 0 spiro atoms. The first kappa shape index (κ1) is 34.6. The maximum absolute atomic E-state index is 6.91. The van der Waals surface area contributed by atoms with Crippen molar-refractivity contribution in [2.75, 3.05) is 52.9 Å². The first-order valence-electron chi connectivity index (χ1n) is 16.1. The van der Waals surface area contributed by atoms with Crippen molar-refractivity contribution in [2.45, 2.75) is 130 Å². The fourth-order valence-corrected chi connectivity index (χ4v) is 14.1. The molecule has 8 nitrogen and oxygen atoms in total. The molecule has 4 saturated carbocycles. The number of hydrogen-bond acceptors (Lipinski definition) is 8. The Hall–Kier alpha value is 0.114. The number of hydrogen-bond donors (Lipinski definition) is 0. The first-order chi connectivity index (χ1) is 19.0. The summed E-state index contributed by atoms with van der Waals surface area (Å²) in [5.74, 6) is 0. The Morgan fingerprint density at radius 3 is 1.02 bits per heavy atom. The molecule has 0 radical (unpaired) electrons. The van der Waals surface area contributed by atoms with Gasteiger partial charge in [-0.25, -0.2) is 0 Å². The number of rotatable bonds is 22. The Bertz CT molecular complexity index is 660. The molecule has 0 unspecified atom stereocenters. The van der Waals surface area contributed by atoms with E-state index in [1.54, 1.807) is 0 Å². The van der Waals surface area contributed by atoms with Gasteiger partial charge in [0.2, 0.25) is 0 Å². The highest BCUT2D eigenvalue weighted by Gasteiger charge is 2.66. The summed E-state index contributed by atoms with van der Waals surface area (Å²) in [6.45, 7) is 22.1. The van der Waals surface area contributed by atoms with Gasteiger partial charge in [0.15, 0.2) is 0 Å². The lowest BCUT2D eigenvalue weighted by Crippen LogP contribution is -2.67. The molecule has 40 heavy (non-hydrogen) atoms. The highest BCUT2D eigenvalue weighted by Crippen LogP contribution is 2.69. The highest BCUT2D eigenvalue weighted by molar-refractivity contribution is 6.61. The van der Waals surface area contributed by atoms with Crippen LogP contribution in [-0.2, 0) is 36.0 Å². The second-order valence-corrected chi connectivity index (χ2v) is 18.4. The molecule has 0 aromatic carbocycles. The highest BCUT2D eigenvalue weighted by atomic mass is 28.4. The van der Waals surface area contributed by atoms with E-state index in [2.05, 4.69) is 13.8 Å². The lowest BCUT2D eigenvalue weighted by Gasteiger charge is -2.68. The fourth-order valence-electron chi connectivity index (χ4n) is 8.94. The fraction of sp³-hybridized carbons (Fsp3) is 1.00. The predicted octanol–water partition coefficient (Wildman–Crippen LogP) is 6.77. The molecule has 0 saturated heterocycles. The minimum Gasteiger partial charge on any atom is -0.375 e. The van der Waals surface area contributed by atoms with Crippen molar-refractivity contribution in [3.8, 4) is 0 Å². The Morgan fingerprint density at radius 1 is 0.450 bits per heavy atom. The molecule has 0 amide bonds. The van der Waals surface area contributed by atoms with Gasteiger partial charge in [0.25, 0.3) is 0 Å². The van der Waals surface area contributed by atoms with Crippen LogP contribution in [0.15, 0.2) is 0 Å². The van der Waals surface area contributed by atoms with Gasteiger partial charge >= 0.3 is 17.6 Å². The summed E-state index contributed by atoms with van der Waals surface area (Å²) in [6.07, 6.45) is 8.52. The molecular weight excluding hydrogens is 544 g/mol. The van der Waals surface area contributed by atoms with Crippen LogP contribution < -0.4 is 0 Å². The van der Waals surface area contributed by atoms with Gasteiger partial charge in [-0.1, -0.05) is 13.8 Å². The van der Waals surface area contributed by atoms with Gasteiger partial charge in [0.05, 0.1) is 11.2 Å². The third-order valence-electron chi connectivity index (χ3n) is 8.75. The molecule has 236 valence electrons. The predicted molar refractivity (Wildman–Crippen MR) is 161 cm³/mol. The lowest BCUT2D eigenvalue weighted by molar-refractivity contribution is -0.280. The minimum atomic E-state index is -2.65. The molecular formula is C30H60O8Si2. The average Bonchev–Trinajstić information content (AvgIpc) is 2.84. The van der Waals surface area contributed by atoms with Gasteiger partial charge in [-0.3, -0.25) is 0 Å². The molecule has 0 N–H and O–H groups in total. The normalized spacial score (nSPS) is 31.8. The molecule has 0 aliphatic heterocycles. The number of ether oxygens (including phenoxy) is 2. The van der Waals surface area contributed by atoms with Crippen LogP contribution in [0, 0.1) is 10.8 Å². The van der Waals surface area contributed by atoms with E-state index in [4.69, 9.17) is 36.0 Å². The van der Waals surface area contributed by atoms with Crippen molar-refractivity contribution in [1.29, 1.82) is 0 Å². The van der Waals surface area contributed by atoms with E-state index >= 15 is 0 Å². The monoisotopic (exact) mass is 604 g/mol. The molecule has 4 rings (SSSR count). The van der Waals surface area contributed by atoms with Gasteiger partial charge < -0.3 is 36.0 Å². The van der Waals surface area contributed by atoms with Gasteiger partial charge in [0.1, 0.15) is 0 Å². The van der Waals surface area contributed by atoms with Crippen LogP contribution in [0.3, 0.4) is 0 Å². The molecule has 0 aromatic heterocycles. The molecule has 4 fully saturated rings. The van der Waals surface area contributed by atoms with Crippen LogP contribution in [-0.4, -0.2) is 81.7 Å². The Balaban J connectivity index is 1.63. The van der Waals surface area contributed by atoms with Gasteiger partial charge in [-0.2, -0.15) is 0 Å². The van der Waals surface area contributed by atoms with E-state index in [1.165, 1.54) is 6.42 Å². The van der Waals surface area contributed by atoms with E-state index in [9.17, 15) is 0 Å². The summed E-state index contributed by atoms with van der Waals surface area (Å²) in [6, 6.07) is 1.58. The molecule has 4 aliphatic carbocycles. The molecule has 0 atom stereocenters. The second-order valence-electron chi connectivity index (χ2n) is 12.9. The minimum absolute atomic E-state index is 0.119. The smallest absolute Gasteiger partial charge is 0.375 e. The van der Waals surface area contributed by atoms with E-state index < -0.39 is 17.6 Å². The van der Waals surface area contributed by atoms with Crippen LogP contribution >= 0.6 is 0 Å². The third kappa shape index (κ3) is 8.60. The second kappa shape index (κ2) is 14.7. The topological polar surface area (TPSA) is 73.8 Å². The summed E-state index contributed by atoms with van der Waals surface area (Å²) in [4.78, 5) is 0. The van der Waals surface area contributed by atoms with Gasteiger partial charge in [-0.15, -0.1) is 0 Å². The summed E-state index contributed by atoms with van der Waals surface area (Å²) in [5, 5.41) is 0. The third-order valence-corrected chi connectivity index (χ3v) is 15.1. The van der Waals surface area contributed by atoms with Crippen molar-refractivity contribution >= 4 is 17.6 Å². The zero-order valence-electron chi connectivity index (χ0n) is 27.0. The van der Waals surface area contributed by atoms with Crippen LogP contribution in [0.5, 0.6) is 0 Å². The zero-order valence-corrected chi connectivity index (χ0v) is 29.0. The summed E-state index contributed by atoms with van der Waals surface area (Å²) in [5.41, 5.74) is 0.270.